The Kier molecular flexibility index (Phi) is 6.68. The van der Waals surface area contributed by atoms with Crippen molar-refractivity contribution < 1.29 is 9.53 Å². The molecular weight excluding hydrogens is 318 g/mol. The first-order valence-corrected chi connectivity index (χ1v) is 7.12. The van der Waals surface area contributed by atoms with Gasteiger partial charge < -0.3 is 10.1 Å². The molecule has 0 aromatic heterocycles. The van der Waals surface area contributed by atoms with Gasteiger partial charge >= 0.3 is 5.97 Å². The summed E-state index contributed by atoms with van der Waals surface area (Å²) >= 11 is 9.38. The average molecular weight is 335 g/mol. The van der Waals surface area contributed by atoms with E-state index in [0.717, 1.165) is 23.0 Å². The predicted octanol–water partition coefficient (Wildman–Crippen LogP) is 3.71. The molecule has 100 valence electrons. The minimum absolute atomic E-state index is 0.274. The quantitative estimate of drug-likeness (QED) is 0.806. The molecule has 0 bridgehead atoms. The van der Waals surface area contributed by atoms with Crippen LogP contribution in [-0.2, 0) is 9.53 Å². The first-order valence-electron chi connectivity index (χ1n) is 5.95. The summed E-state index contributed by atoms with van der Waals surface area (Å²) < 4.78 is 5.88. The number of benzene rings is 1. The van der Waals surface area contributed by atoms with Gasteiger partial charge in [0.25, 0.3) is 0 Å². The zero-order valence-corrected chi connectivity index (χ0v) is 12.8. The predicted molar refractivity (Wildman–Crippen MR) is 76.8 cm³/mol. The van der Waals surface area contributed by atoms with E-state index >= 15 is 0 Å². The smallest absolute Gasteiger partial charge is 0.327 e. The van der Waals surface area contributed by atoms with Crippen LogP contribution in [0.3, 0.4) is 0 Å². The van der Waals surface area contributed by atoms with Gasteiger partial charge in [-0.05, 0) is 53.5 Å². The molecular formula is C13H17BrClNO2. The molecule has 0 radical (unpaired) electrons. The minimum Gasteiger partial charge on any atom is -0.465 e. The van der Waals surface area contributed by atoms with Gasteiger partial charge in [0, 0.05) is 4.47 Å². The summed E-state index contributed by atoms with van der Waals surface area (Å²) in [5.41, 5.74) is 0.815. The van der Waals surface area contributed by atoms with Crippen LogP contribution in [0.15, 0.2) is 22.7 Å². The zero-order chi connectivity index (χ0) is 13.5. The van der Waals surface area contributed by atoms with Crippen LogP contribution in [0, 0.1) is 0 Å². The molecule has 0 spiro atoms. The van der Waals surface area contributed by atoms with E-state index in [0.29, 0.717) is 11.6 Å². The van der Waals surface area contributed by atoms with E-state index in [1.54, 1.807) is 13.0 Å². The summed E-state index contributed by atoms with van der Waals surface area (Å²) in [6.07, 6.45) is 0.945. The van der Waals surface area contributed by atoms with Crippen LogP contribution >= 0.6 is 27.5 Å². The van der Waals surface area contributed by atoms with Gasteiger partial charge in [0.2, 0.25) is 0 Å². The third kappa shape index (κ3) is 4.26. The summed E-state index contributed by atoms with van der Waals surface area (Å²) in [5.74, 6) is -0.274. The summed E-state index contributed by atoms with van der Waals surface area (Å²) in [5, 5.41) is 3.75. The summed E-state index contributed by atoms with van der Waals surface area (Å²) in [4.78, 5) is 11.9. The van der Waals surface area contributed by atoms with E-state index in [1.807, 2.05) is 19.1 Å². The van der Waals surface area contributed by atoms with Crippen LogP contribution < -0.4 is 5.32 Å². The molecule has 1 N–H and O–H groups in total. The van der Waals surface area contributed by atoms with Gasteiger partial charge in [-0.15, -0.1) is 0 Å². The third-order valence-corrected chi connectivity index (χ3v) is 3.63. The Morgan fingerprint density at radius 1 is 1.50 bits per heavy atom. The molecule has 18 heavy (non-hydrogen) atoms. The second kappa shape index (κ2) is 7.77. The molecule has 0 saturated carbocycles. The zero-order valence-electron chi connectivity index (χ0n) is 10.5. The topological polar surface area (TPSA) is 38.3 Å². The Hall–Kier alpha value is -0.580. The third-order valence-electron chi connectivity index (χ3n) is 2.40. The molecule has 0 heterocycles. The molecule has 0 aliphatic carbocycles. The Morgan fingerprint density at radius 2 is 2.22 bits per heavy atom. The molecule has 5 heteroatoms. The molecule has 0 amide bonds. The lowest BCUT2D eigenvalue weighted by atomic mass is 10.1. The van der Waals surface area contributed by atoms with Gasteiger partial charge in [-0.2, -0.15) is 0 Å². The Bertz CT molecular complexity index is 412. The number of ether oxygens (including phenoxy) is 1. The summed E-state index contributed by atoms with van der Waals surface area (Å²) in [6, 6.07) is 5.00. The number of rotatable bonds is 6. The molecule has 1 unspecified atom stereocenters. The van der Waals surface area contributed by atoms with Gasteiger partial charge in [0.05, 0.1) is 11.6 Å². The number of esters is 1. The fraction of sp³-hybridized carbons (Fsp3) is 0.462. The molecule has 1 aromatic rings. The monoisotopic (exact) mass is 333 g/mol. The van der Waals surface area contributed by atoms with Crippen molar-refractivity contribution >= 4 is 33.5 Å². The van der Waals surface area contributed by atoms with E-state index in [4.69, 9.17) is 16.3 Å². The minimum atomic E-state index is -0.463. The molecule has 1 atom stereocenters. The van der Waals surface area contributed by atoms with Crippen molar-refractivity contribution in [3.05, 3.63) is 33.3 Å². The summed E-state index contributed by atoms with van der Waals surface area (Å²) in [7, 11) is 0. The van der Waals surface area contributed by atoms with E-state index in [-0.39, 0.29) is 5.97 Å². The normalized spacial score (nSPS) is 12.2. The lowest BCUT2D eigenvalue weighted by Gasteiger charge is -2.17. The fourth-order valence-electron chi connectivity index (χ4n) is 1.54. The van der Waals surface area contributed by atoms with E-state index in [2.05, 4.69) is 21.2 Å². The SMILES string of the molecule is CCCNC(C(=O)OCC)c1ccc(Br)c(Cl)c1. The van der Waals surface area contributed by atoms with E-state index in [9.17, 15) is 4.79 Å². The van der Waals surface area contributed by atoms with Crippen LogP contribution in [0.4, 0.5) is 0 Å². The van der Waals surface area contributed by atoms with Crippen molar-refractivity contribution in [1.82, 2.24) is 5.32 Å². The highest BCUT2D eigenvalue weighted by Gasteiger charge is 2.21. The molecule has 0 aliphatic heterocycles. The first-order chi connectivity index (χ1) is 8.60. The second-order valence-electron chi connectivity index (χ2n) is 3.81. The fourth-order valence-corrected chi connectivity index (χ4v) is 1.98. The number of nitrogens with one attached hydrogen (secondary N) is 1. The standard InChI is InChI=1S/C13H17BrClNO2/c1-3-7-16-12(13(17)18-4-2)9-5-6-10(14)11(15)8-9/h5-6,8,12,16H,3-4,7H2,1-2H3. The molecule has 0 aliphatic rings. The van der Waals surface area contributed by atoms with Crippen molar-refractivity contribution in [2.75, 3.05) is 13.2 Å². The van der Waals surface area contributed by atoms with Crippen molar-refractivity contribution in [2.24, 2.45) is 0 Å². The van der Waals surface area contributed by atoms with Crippen molar-refractivity contribution in [3.8, 4) is 0 Å². The molecule has 1 rings (SSSR count). The maximum atomic E-state index is 11.9. The number of hydrogen-bond acceptors (Lipinski definition) is 3. The van der Waals surface area contributed by atoms with E-state index in [1.165, 1.54) is 0 Å². The first kappa shape index (κ1) is 15.5. The summed E-state index contributed by atoms with van der Waals surface area (Å²) in [6.45, 7) is 4.96. The van der Waals surface area contributed by atoms with Gasteiger partial charge in [-0.1, -0.05) is 24.6 Å². The number of carbonyl (C=O) groups excluding carboxylic acids is 1. The number of hydrogen-bond donors (Lipinski definition) is 1. The average Bonchev–Trinajstić information content (AvgIpc) is 2.34. The highest BCUT2D eigenvalue weighted by molar-refractivity contribution is 9.10. The molecule has 0 fully saturated rings. The van der Waals surface area contributed by atoms with Gasteiger partial charge in [0.1, 0.15) is 6.04 Å². The number of carbonyl (C=O) groups is 1. The maximum absolute atomic E-state index is 11.9. The molecule has 1 aromatic carbocycles. The van der Waals surface area contributed by atoms with E-state index < -0.39 is 6.04 Å². The Morgan fingerprint density at radius 3 is 2.78 bits per heavy atom. The van der Waals surface area contributed by atoms with Crippen LogP contribution in [0.25, 0.3) is 0 Å². The maximum Gasteiger partial charge on any atom is 0.327 e. The molecule has 3 nitrogen and oxygen atoms in total. The Labute approximate surface area is 121 Å². The highest BCUT2D eigenvalue weighted by atomic mass is 79.9. The van der Waals surface area contributed by atoms with Gasteiger partial charge in [0.15, 0.2) is 0 Å². The lowest BCUT2D eigenvalue weighted by molar-refractivity contribution is -0.145. The van der Waals surface area contributed by atoms with Crippen LogP contribution in [-0.4, -0.2) is 19.1 Å². The van der Waals surface area contributed by atoms with Crippen LogP contribution in [0.1, 0.15) is 31.9 Å². The highest BCUT2D eigenvalue weighted by Crippen LogP contribution is 2.26. The van der Waals surface area contributed by atoms with Crippen LogP contribution in [0.2, 0.25) is 5.02 Å². The Balaban J connectivity index is 2.93. The van der Waals surface area contributed by atoms with Crippen molar-refractivity contribution in [3.63, 3.8) is 0 Å². The van der Waals surface area contributed by atoms with Crippen LogP contribution in [0.5, 0.6) is 0 Å². The van der Waals surface area contributed by atoms with Crippen molar-refractivity contribution in [1.29, 1.82) is 0 Å². The van der Waals surface area contributed by atoms with Crippen molar-refractivity contribution in [2.45, 2.75) is 26.3 Å². The van der Waals surface area contributed by atoms with Gasteiger partial charge in [-0.3, -0.25) is 0 Å². The largest absolute Gasteiger partial charge is 0.465 e. The lowest BCUT2D eigenvalue weighted by Crippen LogP contribution is -2.30. The second-order valence-corrected chi connectivity index (χ2v) is 5.07. The number of halogens is 2. The molecule has 0 saturated heterocycles. The van der Waals surface area contributed by atoms with Gasteiger partial charge in [-0.25, -0.2) is 4.79 Å².